The first-order valence-electron chi connectivity index (χ1n) is 8.66. The van der Waals surface area contributed by atoms with Crippen LogP contribution in [0.25, 0.3) is 10.9 Å². The summed E-state index contributed by atoms with van der Waals surface area (Å²) in [6.45, 7) is 1.89. The van der Waals surface area contributed by atoms with Crippen molar-refractivity contribution in [1.29, 1.82) is 0 Å². The Morgan fingerprint density at radius 3 is 3.00 bits per heavy atom. The van der Waals surface area contributed by atoms with Gasteiger partial charge in [-0.2, -0.15) is 0 Å². The first-order chi connectivity index (χ1) is 13.2. The molecule has 1 atom stereocenters. The SMILES string of the molecule is O=[N+]([O-])c1ccc2nc(NCc3ccnc(OC4CCOC4)c3)ccc2c1. The van der Waals surface area contributed by atoms with Crippen LogP contribution in [-0.4, -0.2) is 34.2 Å². The molecule has 8 heteroatoms. The van der Waals surface area contributed by atoms with Crippen molar-refractivity contribution in [3.8, 4) is 5.88 Å². The summed E-state index contributed by atoms with van der Waals surface area (Å²) >= 11 is 0. The van der Waals surface area contributed by atoms with Gasteiger partial charge < -0.3 is 14.8 Å². The Labute approximate surface area is 155 Å². The Bertz CT molecular complexity index is 973. The molecule has 1 aliphatic heterocycles. The van der Waals surface area contributed by atoms with E-state index in [1.807, 2.05) is 18.2 Å². The van der Waals surface area contributed by atoms with E-state index in [0.29, 0.717) is 30.4 Å². The molecule has 1 fully saturated rings. The van der Waals surface area contributed by atoms with Crippen LogP contribution in [0.1, 0.15) is 12.0 Å². The second-order valence-electron chi connectivity index (χ2n) is 6.29. The number of aromatic nitrogens is 2. The number of nitro benzene ring substituents is 1. The van der Waals surface area contributed by atoms with Crippen molar-refractivity contribution in [2.75, 3.05) is 18.5 Å². The summed E-state index contributed by atoms with van der Waals surface area (Å²) in [6.07, 6.45) is 2.66. The predicted octanol–water partition coefficient (Wildman–Crippen LogP) is 3.32. The number of pyridine rings is 2. The summed E-state index contributed by atoms with van der Waals surface area (Å²) in [6, 6.07) is 12.1. The highest BCUT2D eigenvalue weighted by molar-refractivity contribution is 5.82. The van der Waals surface area contributed by atoms with Gasteiger partial charge in [-0.3, -0.25) is 10.1 Å². The topological polar surface area (TPSA) is 99.4 Å². The van der Waals surface area contributed by atoms with Gasteiger partial charge in [0.15, 0.2) is 0 Å². The Hall–Kier alpha value is -3.26. The number of fused-ring (bicyclic) bond motifs is 1. The van der Waals surface area contributed by atoms with E-state index in [-0.39, 0.29) is 11.8 Å². The van der Waals surface area contributed by atoms with Gasteiger partial charge in [-0.25, -0.2) is 9.97 Å². The number of nitrogens with one attached hydrogen (secondary N) is 1. The lowest BCUT2D eigenvalue weighted by Crippen LogP contribution is -2.16. The van der Waals surface area contributed by atoms with Gasteiger partial charge in [0, 0.05) is 42.7 Å². The van der Waals surface area contributed by atoms with E-state index < -0.39 is 4.92 Å². The number of hydrogen-bond acceptors (Lipinski definition) is 7. The molecule has 4 rings (SSSR count). The Balaban J connectivity index is 1.43. The number of non-ortho nitro benzene ring substituents is 1. The maximum Gasteiger partial charge on any atom is 0.270 e. The number of nitro groups is 1. The number of hydrogen-bond donors (Lipinski definition) is 1. The molecule has 8 nitrogen and oxygen atoms in total. The van der Waals surface area contributed by atoms with Crippen LogP contribution in [0.3, 0.4) is 0 Å². The van der Waals surface area contributed by atoms with Crippen LogP contribution in [-0.2, 0) is 11.3 Å². The molecule has 0 amide bonds. The molecule has 0 saturated carbocycles. The van der Waals surface area contributed by atoms with Crippen molar-refractivity contribution >= 4 is 22.4 Å². The van der Waals surface area contributed by atoms with Crippen LogP contribution in [0.5, 0.6) is 5.88 Å². The normalized spacial score (nSPS) is 16.4. The molecular weight excluding hydrogens is 348 g/mol. The van der Waals surface area contributed by atoms with E-state index in [9.17, 15) is 10.1 Å². The fourth-order valence-corrected chi connectivity index (χ4v) is 2.92. The highest BCUT2D eigenvalue weighted by atomic mass is 16.6. The molecule has 1 N–H and O–H groups in total. The maximum absolute atomic E-state index is 10.9. The highest BCUT2D eigenvalue weighted by Gasteiger charge is 2.17. The summed E-state index contributed by atoms with van der Waals surface area (Å²) in [5.41, 5.74) is 1.78. The van der Waals surface area contributed by atoms with Crippen LogP contribution in [0, 0.1) is 10.1 Å². The Morgan fingerprint density at radius 2 is 2.19 bits per heavy atom. The predicted molar refractivity (Wildman–Crippen MR) is 99.8 cm³/mol. The molecule has 1 aromatic carbocycles. The minimum absolute atomic E-state index is 0.0574. The zero-order chi connectivity index (χ0) is 18.6. The first-order valence-corrected chi connectivity index (χ1v) is 8.66. The van der Waals surface area contributed by atoms with E-state index in [0.717, 1.165) is 24.0 Å². The van der Waals surface area contributed by atoms with Crippen LogP contribution in [0.4, 0.5) is 11.5 Å². The minimum atomic E-state index is -0.410. The molecule has 0 aliphatic carbocycles. The third-order valence-electron chi connectivity index (χ3n) is 4.33. The number of anilines is 1. The highest BCUT2D eigenvalue weighted by Crippen LogP contribution is 2.22. The number of rotatable bonds is 6. The molecule has 27 heavy (non-hydrogen) atoms. The van der Waals surface area contributed by atoms with Gasteiger partial charge in [0.05, 0.1) is 23.7 Å². The van der Waals surface area contributed by atoms with Gasteiger partial charge in [0.2, 0.25) is 5.88 Å². The molecule has 3 aromatic rings. The van der Waals surface area contributed by atoms with Gasteiger partial charge in [-0.15, -0.1) is 0 Å². The molecule has 3 heterocycles. The van der Waals surface area contributed by atoms with Crippen molar-refractivity contribution in [2.24, 2.45) is 0 Å². The third-order valence-corrected chi connectivity index (χ3v) is 4.33. The lowest BCUT2D eigenvalue weighted by atomic mass is 10.2. The van der Waals surface area contributed by atoms with Crippen LogP contribution < -0.4 is 10.1 Å². The van der Waals surface area contributed by atoms with E-state index >= 15 is 0 Å². The van der Waals surface area contributed by atoms with Crippen LogP contribution in [0.2, 0.25) is 0 Å². The first kappa shape index (κ1) is 17.2. The van der Waals surface area contributed by atoms with Crippen molar-refractivity contribution in [1.82, 2.24) is 9.97 Å². The average molecular weight is 366 g/mol. The molecule has 0 bridgehead atoms. The van der Waals surface area contributed by atoms with E-state index in [1.165, 1.54) is 12.1 Å². The summed E-state index contributed by atoms with van der Waals surface area (Å²) in [5, 5.41) is 14.8. The van der Waals surface area contributed by atoms with Crippen LogP contribution >= 0.6 is 0 Å². The van der Waals surface area contributed by atoms with E-state index in [1.54, 1.807) is 18.3 Å². The zero-order valence-electron chi connectivity index (χ0n) is 14.5. The van der Waals surface area contributed by atoms with Crippen molar-refractivity contribution in [3.63, 3.8) is 0 Å². The summed E-state index contributed by atoms with van der Waals surface area (Å²) in [5.74, 6) is 1.28. The second-order valence-corrected chi connectivity index (χ2v) is 6.29. The number of benzene rings is 1. The Kier molecular flexibility index (Phi) is 4.80. The fourth-order valence-electron chi connectivity index (χ4n) is 2.92. The lowest BCUT2D eigenvalue weighted by Gasteiger charge is -2.12. The fraction of sp³-hybridized carbons (Fsp3) is 0.263. The summed E-state index contributed by atoms with van der Waals surface area (Å²) in [4.78, 5) is 19.2. The molecule has 1 saturated heterocycles. The molecule has 0 spiro atoms. The van der Waals surface area contributed by atoms with Crippen molar-refractivity contribution in [3.05, 3.63) is 64.3 Å². The minimum Gasteiger partial charge on any atom is -0.472 e. The van der Waals surface area contributed by atoms with Gasteiger partial charge in [-0.05, 0) is 29.8 Å². The molecule has 138 valence electrons. The van der Waals surface area contributed by atoms with Gasteiger partial charge in [0.25, 0.3) is 5.69 Å². The monoisotopic (exact) mass is 366 g/mol. The van der Waals surface area contributed by atoms with Crippen LogP contribution in [0.15, 0.2) is 48.7 Å². The summed E-state index contributed by atoms with van der Waals surface area (Å²) in [7, 11) is 0. The van der Waals surface area contributed by atoms with E-state index in [2.05, 4.69) is 15.3 Å². The lowest BCUT2D eigenvalue weighted by molar-refractivity contribution is -0.384. The standard InChI is InChI=1S/C19H18N4O4/c24-23(25)15-2-3-17-14(10-15)1-4-18(22-17)21-11-13-5-7-20-19(9-13)27-16-6-8-26-12-16/h1-5,7,9-10,16H,6,8,11-12H2,(H,21,22). The molecule has 1 aliphatic rings. The van der Waals surface area contributed by atoms with Crippen molar-refractivity contribution < 1.29 is 14.4 Å². The van der Waals surface area contributed by atoms with Gasteiger partial charge in [-0.1, -0.05) is 0 Å². The molecule has 0 radical (unpaired) electrons. The second kappa shape index (κ2) is 7.55. The Morgan fingerprint density at radius 1 is 1.26 bits per heavy atom. The van der Waals surface area contributed by atoms with Gasteiger partial charge >= 0.3 is 0 Å². The van der Waals surface area contributed by atoms with Gasteiger partial charge in [0.1, 0.15) is 11.9 Å². The maximum atomic E-state index is 10.9. The number of nitrogens with zero attached hydrogens (tertiary/aromatic N) is 3. The summed E-state index contributed by atoms with van der Waals surface area (Å²) < 4.78 is 11.1. The average Bonchev–Trinajstić information content (AvgIpc) is 3.19. The zero-order valence-corrected chi connectivity index (χ0v) is 14.5. The largest absolute Gasteiger partial charge is 0.472 e. The number of ether oxygens (including phenoxy) is 2. The quantitative estimate of drug-likeness (QED) is 0.528. The van der Waals surface area contributed by atoms with E-state index in [4.69, 9.17) is 9.47 Å². The smallest absolute Gasteiger partial charge is 0.270 e. The third kappa shape index (κ3) is 4.12. The molecular formula is C19H18N4O4. The molecule has 2 aromatic heterocycles. The van der Waals surface area contributed by atoms with Crippen molar-refractivity contribution in [2.45, 2.75) is 19.1 Å². The molecule has 1 unspecified atom stereocenters.